The van der Waals surface area contributed by atoms with Crippen LogP contribution in [-0.4, -0.2) is 4.92 Å². The summed E-state index contributed by atoms with van der Waals surface area (Å²) in [6, 6.07) is 38.4. The number of rotatable bonds is 5. The zero-order valence-electron chi connectivity index (χ0n) is 19.2. The summed E-state index contributed by atoms with van der Waals surface area (Å²) in [5.74, 6) is 0.931. The van der Waals surface area contributed by atoms with Gasteiger partial charge < -0.3 is 14.5 Å². The first kappa shape index (κ1) is 21.8. The lowest BCUT2D eigenvalue weighted by Gasteiger charge is -2.43. The van der Waals surface area contributed by atoms with Crippen LogP contribution in [0.2, 0.25) is 0 Å². The van der Waals surface area contributed by atoms with Crippen molar-refractivity contribution in [1.82, 2.24) is 0 Å². The Morgan fingerprint density at radius 1 is 0.722 bits per heavy atom. The number of anilines is 1. The van der Waals surface area contributed by atoms with Gasteiger partial charge in [-0.15, -0.1) is 0 Å². The zero-order chi connectivity index (χ0) is 24.5. The van der Waals surface area contributed by atoms with Gasteiger partial charge in [-0.05, 0) is 35.4 Å². The maximum absolute atomic E-state index is 11.6. The lowest BCUT2D eigenvalue weighted by Crippen LogP contribution is -2.40. The van der Waals surface area contributed by atoms with Crippen LogP contribution in [0.1, 0.15) is 28.7 Å². The minimum Gasteiger partial charge on any atom is -0.456 e. The Bertz CT molecular complexity index is 1490. The highest BCUT2D eigenvalue weighted by atomic mass is 16.6. The smallest absolute Gasteiger partial charge is 0.280 e. The predicted molar refractivity (Wildman–Crippen MR) is 137 cm³/mol. The van der Waals surface area contributed by atoms with Gasteiger partial charge >= 0.3 is 0 Å². The molecule has 1 atom stereocenters. The fourth-order valence-electron chi connectivity index (χ4n) is 4.90. The first-order valence-electron chi connectivity index (χ1n) is 11.7. The molecule has 6 rings (SSSR count). The molecule has 176 valence electrons. The van der Waals surface area contributed by atoms with E-state index in [2.05, 4.69) is 35.6 Å². The molecule has 1 N–H and O–H groups in total. The van der Waals surface area contributed by atoms with Crippen molar-refractivity contribution >= 4 is 11.4 Å². The van der Waals surface area contributed by atoms with Gasteiger partial charge in [-0.2, -0.15) is 0 Å². The highest BCUT2D eigenvalue weighted by molar-refractivity contribution is 5.70. The maximum atomic E-state index is 11.6. The van der Waals surface area contributed by atoms with Gasteiger partial charge in [-0.1, -0.05) is 91.0 Å². The molecule has 5 aromatic rings. The normalized spacial score (nSPS) is 16.1. The number of hydrogen-bond acceptors (Lipinski definition) is 5. The third-order valence-electron chi connectivity index (χ3n) is 6.50. The number of benzene rings is 4. The van der Waals surface area contributed by atoms with Crippen LogP contribution in [0.15, 0.2) is 126 Å². The Kier molecular flexibility index (Phi) is 5.36. The average Bonchev–Trinajstić information content (AvgIpc) is 3.44. The summed E-state index contributed by atoms with van der Waals surface area (Å²) < 4.78 is 13.1. The fourth-order valence-corrected chi connectivity index (χ4v) is 4.90. The number of para-hydroxylation sites is 2. The summed E-state index contributed by atoms with van der Waals surface area (Å²) in [4.78, 5) is 11.2. The standard InChI is InChI=1S/C30H22N2O4/c33-32(34)26-18-10-7-15-23(26)27-19-20-28(35-27)29-31-25-17-9-8-16-24(25)30(36-29,21-11-3-1-4-12-21)22-13-5-2-6-14-22/h1-20,29,31H. The van der Waals surface area contributed by atoms with Gasteiger partial charge in [-0.25, -0.2) is 0 Å². The van der Waals surface area contributed by atoms with Crippen LogP contribution in [0.3, 0.4) is 0 Å². The van der Waals surface area contributed by atoms with E-state index in [9.17, 15) is 10.1 Å². The molecule has 1 aliphatic heterocycles. The minimum absolute atomic E-state index is 0.0100. The molecule has 0 amide bonds. The summed E-state index contributed by atoms with van der Waals surface area (Å²) in [5.41, 5.74) is 3.39. The molecule has 1 unspecified atom stereocenters. The van der Waals surface area contributed by atoms with Gasteiger partial charge in [0.1, 0.15) is 11.4 Å². The summed E-state index contributed by atoms with van der Waals surface area (Å²) in [5, 5.41) is 15.0. The lowest BCUT2D eigenvalue weighted by atomic mass is 9.78. The summed E-state index contributed by atoms with van der Waals surface area (Å²) in [6.07, 6.45) is -0.642. The van der Waals surface area contributed by atoms with E-state index >= 15 is 0 Å². The van der Waals surface area contributed by atoms with E-state index in [4.69, 9.17) is 9.15 Å². The molecule has 0 aliphatic carbocycles. The van der Waals surface area contributed by atoms with Crippen LogP contribution in [0, 0.1) is 10.1 Å². The minimum atomic E-state index is -0.902. The van der Waals surface area contributed by atoms with Gasteiger partial charge in [0.2, 0.25) is 0 Å². The Hall–Kier alpha value is -4.68. The molecule has 0 bridgehead atoms. The highest BCUT2D eigenvalue weighted by Gasteiger charge is 2.45. The van der Waals surface area contributed by atoms with E-state index < -0.39 is 16.8 Å². The Balaban J connectivity index is 1.50. The van der Waals surface area contributed by atoms with Gasteiger partial charge in [0.15, 0.2) is 12.0 Å². The van der Waals surface area contributed by atoms with E-state index in [1.54, 1.807) is 30.3 Å². The Morgan fingerprint density at radius 2 is 1.33 bits per heavy atom. The van der Waals surface area contributed by atoms with Gasteiger partial charge in [0, 0.05) is 17.3 Å². The molecule has 1 aliphatic rings. The third kappa shape index (κ3) is 3.56. The van der Waals surface area contributed by atoms with Crippen LogP contribution in [0.25, 0.3) is 11.3 Å². The Morgan fingerprint density at radius 3 is 2.03 bits per heavy atom. The van der Waals surface area contributed by atoms with Crippen molar-refractivity contribution in [3.63, 3.8) is 0 Å². The van der Waals surface area contributed by atoms with Crippen LogP contribution >= 0.6 is 0 Å². The molecule has 36 heavy (non-hydrogen) atoms. The van der Waals surface area contributed by atoms with Crippen molar-refractivity contribution in [3.8, 4) is 11.3 Å². The molecule has 0 fully saturated rings. The highest BCUT2D eigenvalue weighted by Crippen LogP contribution is 2.50. The first-order chi connectivity index (χ1) is 17.7. The maximum Gasteiger partial charge on any atom is 0.280 e. The number of furan rings is 1. The number of nitro benzene ring substituents is 1. The number of nitro groups is 1. The van der Waals surface area contributed by atoms with Gasteiger partial charge in [0.25, 0.3) is 5.69 Å². The van der Waals surface area contributed by atoms with Crippen molar-refractivity contribution in [2.75, 3.05) is 5.32 Å². The van der Waals surface area contributed by atoms with Crippen molar-refractivity contribution in [3.05, 3.63) is 154 Å². The third-order valence-corrected chi connectivity index (χ3v) is 6.50. The average molecular weight is 475 g/mol. The molecule has 2 heterocycles. The predicted octanol–water partition coefficient (Wildman–Crippen LogP) is 7.29. The molecule has 0 spiro atoms. The second kappa shape index (κ2) is 8.83. The monoisotopic (exact) mass is 474 g/mol. The van der Waals surface area contributed by atoms with Crippen molar-refractivity contribution in [2.24, 2.45) is 0 Å². The number of nitrogens with one attached hydrogen (secondary N) is 1. The lowest BCUT2D eigenvalue weighted by molar-refractivity contribution is -0.384. The first-order valence-corrected chi connectivity index (χ1v) is 11.7. The number of nitrogens with zero attached hydrogens (tertiary/aromatic N) is 1. The largest absolute Gasteiger partial charge is 0.456 e. The second-order valence-electron chi connectivity index (χ2n) is 8.58. The number of fused-ring (bicyclic) bond motifs is 1. The van der Waals surface area contributed by atoms with Crippen LogP contribution < -0.4 is 5.32 Å². The zero-order valence-corrected chi connectivity index (χ0v) is 19.2. The van der Waals surface area contributed by atoms with E-state index in [0.717, 1.165) is 22.4 Å². The van der Waals surface area contributed by atoms with Gasteiger partial charge in [0.05, 0.1) is 10.5 Å². The second-order valence-corrected chi connectivity index (χ2v) is 8.58. The molecule has 6 heteroatoms. The number of ether oxygens (including phenoxy) is 1. The molecule has 0 radical (unpaired) electrons. The van der Waals surface area contributed by atoms with Crippen molar-refractivity contribution in [2.45, 2.75) is 11.8 Å². The summed E-state index contributed by atoms with van der Waals surface area (Å²) >= 11 is 0. The molecule has 4 aromatic carbocycles. The molecular formula is C30H22N2O4. The van der Waals surface area contributed by atoms with E-state index in [-0.39, 0.29) is 5.69 Å². The number of hydrogen-bond donors (Lipinski definition) is 1. The van der Waals surface area contributed by atoms with Crippen LogP contribution in [-0.2, 0) is 10.3 Å². The quantitative estimate of drug-likeness (QED) is 0.214. The molecule has 1 aromatic heterocycles. The topological polar surface area (TPSA) is 77.5 Å². The van der Waals surface area contributed by atoms with E-state index in [1.807, 2.05) is 54.6 Å². The van der Waals surface area contributed by atoms with E-state index in [0.29, 0.717) is 17.1 Å². The van der Waals surface area contributed by atoms with E-state index in [1.165, 1.54) is 6.07 Å². The van der Waals surface area contributed by atoms with Crippen LogP contribution in [0.5, 0.6) is 0 Å². The fraction of sp³-hybridized carbons (Fsp3) is 0.0667. The van der Waals surface area contributed by atoms with Crippen molar-refractivity contribution in [1.29, 1.82) is 0 Å². The molecule has 0 saturated heterocycles. The van der Waals surface area contributed by atoms with Crippen molar-refractivity contribution < 1.29 is 14.1 Å². The molecule has 0 saturated carbocycles. The SMILES string of the molecule is O=[N+]([O-])c1ccccc1-c1ccc(C2Nc3ccccc3C(c3ccccc3)(c3ccccc3)O2)o1. The molecule has 6 nitrogen and oxygen atoms in total. The van der Waals surface area contributed by atoms with Crippen LogP contribution in [0.4, 0.5) is 11.4 Å². The Labute approximate surface area is 207 Å². The summed E-state index contributed by atoms with van der Waals surface area (Å²) in [6.45, 7) is 0. The van der Waals surface area contributed by atoms with Gasteiger partial charge in [-0.3, -0.25) is 10.1 Å². The molecular weight excluding hydrogens is 452 g/mol. The summed E-state index contributed by atoms with van der Waals surface area (Å²) in [7, 11) is 0.